The van der Waals surface area contributed by atoms with Gasteiger partial charge in [0.1, 0.15) is 6.10 Å². The van der Waals surface area contributed by atoms with Gasteiger partial charge in [-0.15, -0.1) is 0 Å². The number of rotatable bonds is 6. The zero-order chi connectivity index (χ0) is 29.9. The molecule has 0 spiro atoms. The lowest BCUT2D eigenvalue weighted by molar-refractivity contribution is 0.115. The molecule has 1 saturated heterocycles. The van der Waals surface area contributed by atoms with E-state index >= 15 is 0 Å². The summed E-state index contributed by atoms with van der Waals surface area (Å²) in [5.41, 5.74) is 6.94. The first kappa shape index (κ1) is 29.6. The fraction of sp³-hybridized carbons (Fsp3) is 0.342. The predicted octanol–water partition coefficient (Wildman–Crippen LogP) is 9.12. The van der Waals surface area contributed by atoms with Crippen molar-refractivity contribution in [1.29, 1.82) is 0 Å². The summed E-state index contributed by atoms with van der Waals surface area (Å²) < 4.78 is 6.19. The number of benzene rings is 4. The summed E-state index contributed by atoms with van der Waals surface area (Å²) in [5, 5.41) is 3.72. The minimum atomic E-state index is -0.361. The van der Waals surface area contributed by atoms with Crippen molar-refractivity contribution < 1.29 is 9.53 Å². The summed E-state index contributed by atoms with van der Waals surface area (Å²) in [5.74, 6) is 0.135. The highest BCUT2D eigenvalue weighted by molar-refractivity contribution is 5.96. The lowest BCUT2D eigenvalue weighted by Gasteiger charge is -2.28. The molecule has 1 amide bonds. The Morgan fingerprint density at radius 2 is 1.12 bits per heavy atom. The Balaban J connectivity index is 1.40. The quantitative estimate of drug-likeness (QED) is 0.256. The summed E-state index contributed by atoms with van der Waals surface area (Å²) in [6.45, 7) is 14.1. The Labute approximate surface area is 251 Å². The number of amides is 1. The molecule has 0 aromatic heterocycles. The van der Waals surface area contributed by atoms with Gasteiger partial charge in [-0.25, -0.2) is 9.69 Å². The van der Waals surface area contributed by atoms with Crippen molar-refractivity contribution in [3.05, 3.63) is 131 Å². The molecule has 1 N–H and O–H groups in total. The van der Waals surface area contributed by atoms with Crippen LogP contribution in [0.2, 0.25) is 0 Å². The molecule has 4 aromatic rings. The molecule has 218 valence electrons. The van der Waals surface area contributed by atoms with Crippen molar-refractivity contribution in [2.45, 2.75) is 76.9 Å². The lowest BCUT2D eigenvalue weighted by atomic mass is 9.80. The van der Waals surface area contributed by atoms with Crippen LogP contribution in [0.5, 0.6) is 0 Å². The number of nitrogens with one attached hydrogen (secondary N) is 1. The number of hydrogen-bond acceptors (Lipinski definition) is 3. The van der Waals surface area contributed by atoms with Crippen molar-refractivity contribution in [1.82, 2.24) is 5.32 Å². The van der Waals surface area contributed by atoms with Crippen LogP contribution in [0, 0.1) is 0 Å². The molecule has 4 heteroatoms. The first-order valence-corrected chi connectivity index (χ1v) is 15.1. The van der Waals surface area contributed by atoms with Crippen LogP contribution in [0.15, 0.2) is 109 Å². The maximum absolute atomic E-state index is 13.7. The van der Waals surface area contributed by atoms with Crippen LogP contribution in [-0.2, 0) is 15.6 Å². The van der Waals surface area contributed by atoms with Gasteiger partial charge >= 0.3 is 6.09 Å². The van der Waals surface area contributed by atoms with Gasteiger partial charge in [0.05, 0.1) is 11.4 Å². The van der Waals surface area contributed by atoms with Gasteiger partial charge in [-0.2, -0.15) is 0 Å². The molecule has 1 aliphatic rings. The van der Waals surface area contributed by atoms with Crippen LogP contribution < -0.4 is 10.2 Å². The van der Waals surface area contributed by atoms with Crippen LogP contribution in [0.3, 0.4) is 0 Å². The molecule has 2 atom stereocenters. The molecular weight excluding hydrogens is 516 g/mol. The van der Waals surface area contributed by atoms with E-state index in [1.54, 1.807) is 4.90 Å². The second kappa shape index (κ2) is 12.1. The number of para-hydroxylation sites is 2. The minimum absolute atomic E-state index is 0.0939. The third-order valence-corrected chi connectivity index (χ3v) is 8.28. The van der Waals surface area contributed by atoms with Gasteiger partial charge < -0.3 is 10.1 Å². The first-order valence-electron chi connectivity index (χ1n) is 15.1. The van der Waals surface area contributed by atoms with Gasteiger partial charge in [0.25, 0.3) is 0 Å². The van der Waals surface area contributed by atoms with E-state index in [1.165, 1.54) is 22.3 Å². The van der Waals surface area contributed by atoms with E-state index in [-0.39, 0.29) is 35.0 Å². The lowest BCUT2D eigenvalue weighted by Crippen LogP contribution is -2.31. The van der Waals surface area contributed by atoms with Crippen molar-refractivity contribution in [3.63, 3.8) is 0 Å². The maximum atomic E-state index is 13.7. The van der Waals surface area contributed by atoms with Crippen LogP contribution in [-0.4, -0.2) is 24.8 Å². The second-order valence-electron chi connectivity index (χ2n) is 13.5. The Morgan fingerprint density at radius 3 is 1.52 bits per heavy atom. The third kappa shape index (κ3) is 6.77. The SMILES string of the molecule is CC(C)(C)c1ccc(C(c2ccc(C(C)(C)C)cc2)[C@H]2C[C@@H](OC(=O)N(c3ccccc3)c3ccccc3)CN2)cc1. The fourth-order valence-electron chi connectivity index (χ4n) is 5.82. The average molecular weight is 561 g/mol. The van der Waals surface area contributed by atoms with Gasteiger partial charge in [-0.05, 0) is 57.3 Å². The molecule has 1 heterocycles. The Morgan fingerprint density at radius 1 is 0.690 bits per heavy atom. The number of nitrogens with zero attached hydrogens (tertiary/aromatic N) is 1. The fourth-order valence-corrected chi connectivity index (χ4v) is 5.82. The standard InChI is InChI=1S/C38H44N2O2/c1-37(2,3)29-21-17-27(18-22-29)35(28-19-23-30(24-20-28)38(4,5)6)34-25-33(26-39-34)42-36(41)40(31-13-9-7-10-14-31)32-15-11-8-12-16-32/h7-24,33-35,39H,25-26H2,1-6H3/t33-,34-/m1/s1. The number of carbonyl (C=O) groups excluding carboxylic acids is 1. The van der Waals surface area contributed by atoms with Crippen molar-refractivity contribution >= 4 is 17.5 Å². The molecule has 5 rings (SSSR count). The third-order valence-electron chi connectivity index (χ3n) is 8.28. The van der Waals surface area contributed by atoms with Gasteiger partial charge in [0.15, 0.2) is 0 Å². The van der Waals surface area contributed by atoms with E-state index in [9.17, 15) is 4.79 Å². The first-order chi connectivity index (χ1) is 20.0. The summed E-state index contributed by atoms with van der Waals surface area (Å²) in [6, 6.07) is 37.6. The number of hydrogen-bond donors (Lipinski definition) is 1. The van der Waals surface area contributed by atoms with Gasteiger partial charge in [0, 0.05) is 24.9 Å². The number of carbonyl (C=O) groups is 1. The smallest absolute Gasteiger partial charge is 0.419 e. The van der Waals surface area contributed by atoms with Crippen LogP contribution >= 0.6 is 0 Å². The molecule has 0 radical (unpaired) electrons. The molecule has 0 bridgehead atoms. The summed E-state index contributed by atoms with van der Waals surface area (Å²) in [4.78, 5) is 15.3. The van der Waals surface area contributed by atoms with Crippen LogP contribution in [0.4, 0.5) is 16.2 Å². The van der Waals surface area contributed by atoms with Crippen LogP contribution in [0.25, 0.3) is 0 Å². The van der Waals surface area contributed by atoms with Gasteiger partial charge in [-0.1, -0.05) is 126 Å². The maximum Gasteiger partial charge on any atom is 0.419 e. The van der Waals surface area contributed by atoms with Crippen molar-refractivity contribution in [2.24, 2.45) is 0 Å². The highest BCUT2D eigenvalue weighted by Gasteiger charge is 2.36. The summed E-state index contributed by atoms with van der Waals surface area (Å²) in [6.07, 6.45) is 0.138. The zero-order valence-electron chi connectivity index (χ0n) is 25.8. The highest BCUT2D eigenvalue weighted by Crippen LogP contribution is 2.36. The van der Waals surface area contributed by atoms with Gasteiger partial charge in [0.2, 0.25) is 0 Å². The summed E-state index contributed by atoms with van der Waals surface area (Å²) in [7, 11) is 0. The van der Waals surface area contributed by atoms with Gasteiger partial charge in [-0.3, -0.25) is 0 Å². The monoisotopic (exact) mass is 560 g/mol. The molecule has 42 heavy (non-hydrogen) atoms. The Kier molecular flexibility index (Phi) is 8.56. The Hall–Kier alpha value is -3.89. The van der Waals surface area contributed by atoms with Crippen molar-refractivity contribution in [3.8, 4) is 0 Å². The summed E-state index contributed by atoms with van der Waals surface area (Å²) >= 11 is 0. The second-order valence-corrected chi connectivity index (χ2v) is 13.5. The molecule has 4 aromatic carbocycles. The normalized spacial score (nSPS) is 17.3. The van der Waals surface area contributed by atoms with E-state index in [4.69, 9.17) is 4.74 Å². The number of anilines is 2. The van der Waals surface area contributed by atoms with E-state index in [0.717, 1.165) is 17.8 Å². The average Bonchev–Trinajstić information content (AvgIpc) is 3.42. The minimum Gasteiger partial charge on any atom is -0.444 e. The Bertz CT molecular complexity index is 1350. The van der Waals surface area contributed by atoms with Crippen molar-refractivity contribution in [2.75, 3.05) is 11.4 Å². The largest absolute Gasteiger partial charge is 0.444 e. The molecule has 0 unspecified atom stereocenters. The molecule has 0 saturated carbocycles. The molecule has 4 nitrogen and oxygen atoms in total. The van der Waals surface area contributed by atoms with E-state index in [0.29, 0.717) is 6.54 Å². The van der Waals surface area contributed by atoms with E-state index < -0.39 is 0 Å². The topological polar surface area (TPSA) is 41.6 Å². The highest BCUT2D eigenvalue weighted by atomic mass is 16.6. The number of ether oxygens (including phenoxy) is 1. The zero-order valence-corrected chi connectivity index (χ0v) is 25.8. The predicted molar refractivity (Wildman–Crippen MR) is 174 cm³/mol. The van der Waals surface area contributed by atoms with Crippen LogP contribution in [0.1, 0.15) is 76.1 Å². The molecule has 1 aliphatic heterocycles. The van der Waals surface area contributed by atoms with E-state index in [2.05, 4.69) is 95.4 Å². The van der Waals surface area contributed by atoms with E-state index in [1.807, 2.05) is 60.7 Å². The molecule has 1 fully saturated rings. The molecular formula is C38H44N2O2. The molecule has 0 aliphatic carbocycles.